The van der Waals surface area contributed by atoms with Crippen molar-refractivity contribution >= 4 is 17.4 Å². The van der Waals surface area contributed by atoms with Gasteiger partial charge < -0.3 is 10.1 Å². The topological polar surface area (TPSA) is 72.7 Å². The first-order valence-electron chi connectivity index (χ1n) is 11.1. The number of methoxy groups -OCH3 is 1. The highest BCUT2D eigenvalue weighted by molar-refractivity contribution is 6.02. The van der Waals surface area contributed by atoms with Gasteiger partial charge in [-0.2, -0.15) is 18.3 Å². The van der Waals surface area contributed by atoms with Gasteiger partial charge in [0, 0.05) is 11.7 Å². The van der Waals surface area contributed by atoms with Crippen LogP contribution in [0, 0.1) is 11.3 Å². The second-order valence-electron chi connectivity index (χ2n) is 9.56. The molecule has 3 saturated carbocycles. The monoisotopic (exact) mass is 471 g/mol. The molecule has 0 saturated heterocycles. The van der Waals surface area contributed by atoms with Gasteiger partial charge in [0.1, 0.15) is 0 Å². The van der Waals surface area contributed by atoms with E-state index in [0.29, 0.717) is 29.5 Å². The van der Waals surface area contributed by atoms with Crippen LogP contribution in [-0.2, 0) is 22.1 Å². The number of hydrogen-bond acceptors (Lipinski definition) is 4. The lowest BCUT2D eigenvalue weighted by atomic mass is 9.32. The average Bonchev–Trinajstić information content (AvgIpc) is 3.23. The van der Waals surface area contributed by atoms with Crippen molar-refractivity contribution in [1.29, 1.82) is 0 Å². The van der Waals surface area contributed by atoms with Crippen molar-refractivity contribution in [3.63, 3.8) is 0 Å². The number of amides is 1. The van der Waals surface area contributed by atoms with E-state index < -0.39 is 11.7 Å². The molecule has 3 aliphatic carbocycles. The van der Waals surface area contributed by atoms with Gasteiger partial charge in [0.2, 0.25) is 0 Å². The number of nitrogens with one attached hydrogen (secondary N) is 1. The number of carbonyl (C=O) groups is 2. The number of esters is 1. The number of benzene rings is 1. The van der Waals surface area contributed by atoms with Gasteiger partial charge in [-0.15, -0.1) is 0 Å². The second-order valence-corrected chi connectivity index (χ2v) is 9.56. The van der Waals surface area contributed by atoms with Crippen LogP contribution in [0.15, 0.2) is 48.8 Å². The molecule has 1 atom stereocenters. The highest BCUT2D eigenvalue weighted by Crippen LogP contribution is 2.72. The summed E-state index contributed by atoms with van der Waals surface area (Å²) in [6.45, 7) is 2.04. The molecule has 0 radical (unpaired) electrons. The number of pyridine rings is 1. The van der Waals surface area contributed by atoms with Crippen LogP contribution in [0.1, 0.15) is 53.2 Å². The van der Waals surface area contributed by atoms with E-state index in [1.165, 1.54) is 25.4 Å². The summed E-state index contributed by atoms with van der Waals surface area (Å²) in [4.78, 5) is 25.0. The van der Waals surface area contributed by atoms with Gasteiger partial charge in [-0.25, -0.2) is 4.52 Å². The number of alkyl halides is 3. The lowest BCUT2D eigenvalue weighted by Crippen LogP contribution is -2.81. The van der Waals surface area contributed by atoms with E-state index in [-0.39, 0.29) is 28.7 Å². The lowest BCUT2D eigenvalue weighted by molar-refractivity contribution is -0.223. The van der Waals surface area contributed by atoms with E-state index in [1.807, 2.05) is 13.0 Å². The van der Waals surface area contributed by atoms with Crippen LogP contribution in [-0.4, -0.2) is 34.1 Å². The Morgan fingerprint density at radius 1 is 1.21 bits per heavy atom. The molecule has 3 aromatic rings. The third-order valence-electron chi connectivity index (χ3n) is 7.71. The number of aromatic nitrogens is 2. The Bertz CT molecular complexity index is 1270. The quantitative estimate of drug-likeness (QED) is 0.541. The van der Waals surface area contributed by atoms with Crippen molar-refractivity contribution in [3.8, 4) is 0 Å². The van der Waals surface area contributed by atoms with Gasteiger partial charge >= 0.3 is 12.1 Å². The molecule has 1 amide bonds. The highest BCUT2D eigenvalue weighted by Gasteiger charge is 2.74. The van der Waals surface area contributed by atoms with Crippen LogP contribution in [0.3, 0.4) is 0 Å². The van der Waals surface area contributed by atoms with Crippen LogP contribution in [0.4, 0.5) is 13.2 Å². The summed E-state index contributed by atoms with van der Waals surface area (Å²) in [6, 6.07) is 8.67. The summed E-state index contributed by atoms with van der Waals surface area (Å²) in [5.74, 6) is -0.313. The molecule has 1 N–H and O–H groups in total. The lowest BCUT2D eigenvalue weighted by Gasteiger charge is -2.75. The molecule has 3 fully saturated rings. The van der Waals surface area contributed by atoms with Crippen LogP contribution >= 0.6 is 0 Å². The standard InChI is InChI=1S/C25H24F3N3O3/c1-15-23(11-20(32)34-2)13-24(15,14-23)30-22(33)19-12-29-31-9-3-4-17(21(19)31)10-16-5-7-18(8-6-16)25(26,27)28/h3-9,12,15H,10-11,13-14H2,1-2H3,(H,30,33)/t15-,23?,24?/m0/s1. The minimum atomic E-state index is -4.39. The Hall–Kier alpha value is -3.36. The number of ether oxygens (including phenoxy) is 1. The fourth-order valence-electron chi connectivity index (χ4n) is 5.72. The number of rotatable bonds is 6. The Morgan fingerprint density at radius 2 is 1.91 bits per heavy atom. The maximum absolute atomic E-state index is 13.3. The normalized spacial score (nSPS) is 25.4. The summed E-state index contributed by atoms with van der Waals surface area (Å²) < 4.78 is 45.1. The van der Waals surface area contributed by atoms with Crippen molar-refractivity contribution in [2.24, 2.45) is 11.3 Å². The molecule has 9 heteroatoms. The second kappa shape index (κ2) is 7.58. The van der Waals surface area contributed by atoms with Gasteiger partial charge in [0.15, 0.2) is 0 Å². The van der Waals surface area contributed by atoms with E-state index in [4.69, 9.17) is 4.74 Å². The predicted molar refractivity (Wildman–Crippen MR) is 117 cm³/mol. The molecule has 178 valence electrons. The van der Waals surface area contributed by atoms with Gasteiger partial charge in [-0.1, -0.05) is 25.1 Å². The average molecular weight is 471 g/mol. The zero-order valence-corrected chi connectivity index (χ0v) is 18.8. The molecule has 0 unspecified atom stereocenters. The Morgan fingerprint density at radius 3 is 2.53 bits per heavy atom. The van der Waals surface area contributed by atoms with Gasteiger partial charge in [0.25, 0.3) is 5.91 Å². The molecule has 6 rings (SSSR count). The maximum Gasteiger partial charge on any atom is 0.416 e. The minimum absolute atomic E-state index is 0.102. The first-order valence-corrected chi connectivity index (χ1v) is 11.1. The smallest absolute Gasteiger partial charge is 0.416 e. The van der Waals surface area contributed by atoms with Crippen LogP contribution in [0.5, 0.6) is 0 Å². The summed E-state index contributed by atoms with van der Waals surface area (Å²) in [7, 11) is 1.38. The van der Waals surface area contributed by atoms with Crippen molar-refractivity contribution in [2.45, 2.75) is 44.3 Å². The number of carbonyl (C=O) groups excluding carboxylic acids is 2. The zero-order chi connectivity index (χ0) is 24.3. The predicted octanol–water partition coefficient (Wildman–Crippen LogP) is 4.41. The molecule has 2 heterocycles. The van der Waals surface area contributed by atoms with Gasteiger partial charge in [-0.05, 0) is 59.9 Å². The third-order valence-corrected chi connectivity index (χ3v) is 7.71. The Labute approximate surface area is 194 Å². The summed E-state index contributed by atoms with van der Waals surface area (Å²) in [6.07, 6.45) is 1.05. The van der Waals surface area contributed by atoms with Crippen molar-refractivity contribution in [3.05, 3.63) is 71.0 Å². The zero-order valence-electron chi connectivity index (χ0n) is 18.8. The first-order chi connectivity index (χ1) is 16.1. The minimum Gasteiger partial charge on any atom is -0.469 e. The molecule has 34 heavy (non-hydrogen) atoms. The van der Waals surface area contributed by atoms with Crippen LogP contribution < -0.4 is 5.32 Å². The van der Waals surface area contributed by atoms with E-state index >= 15 is 0 Å². The SMILES string of the molecule is COC(=O)CC12CC(NC(=O)c3cnn4cccc(Cc5ccc(C(F)(F)F)cc5)c34)(C1)[C@H]2C. The first kappa shape index (κ1) is 22.4. The van der Waals surface area contributed by atoms with Crippen LogP contribution in [0.25, 0.3) is 5.52 Å². The number of fused-ring (bicyclic) bond motifs is 1. The molecule has 3 aliphatic rings. The third kappa shape index (κ3) is 3.45. The molecule has 1 aromatic carbocycles. The summed E-state index contributed by atoms with van der Waals surface area (Å²) in [5, 5.41) is 7.47. The Balaban J connectivity index is 1.35. The van der Waals surface area contributed by atoms with Gasteiger partial charge in [0.05, 0.1) is 36.4 Å². The molecule has 0 spiro atoms. The van der Waals surface area contributed by atoms with Crippen molar-refractivity contribution in [2.75, 3.05) is 7.11 Å². The van der Waals surface area contributed by atoms with Crippen molar-refractivity contribution < 1.29 is 27.5 Å². The van der Waals surface area contributed by atoms with E-state index in [0.717, 1.165) is 30.5 Å². The molecule has 2 aromatic heterocycles. The number of nitrogens with zero attached hydrogens (tertiary/aromatic N) is 2. The number of halogens is 3. The maximum atomic E-state index is 13.3. The van der Waals surface area contributed by atoms with E-state index in [2.05, 4.69) is 10.4 Å². The molecular formula is C25H24F3N3O3. The summed E-state index contributed by atoms with van der Waals surface area (Å²) in [5.41, 5.74) is 1.40. The highest BCUT2D eigenvalue weighted by atomic mass is 19.4. The molecule has 2 bridgehead atoms. The molecule has 6 nitrogen and oxygen atoms in total. The number of hydrogen-bond donors (Lipinski definition) is 1. The van der Waals surface area contributed by atoms with E-state index in [9.17, 15) is 22.8 Å². The Kier molecular flexibility index (Phi) is 5.00. The largest absolute Gasteiger partial charge is 0.469 e. The molecular weight excluding hydrogens is 447 g/mol. The molecule has 0 aliphatic heterocycles. The fraction of sp³-hybridized carbons (Fsp3) is 0.400. The van der Waals surface area contributed by atoms with E-state index in [1.54, 1.807) is 16.8 Å². The van der Waals surface area contributed by atoms with Crippen molar-refractivity contribution in [1.82, 2.24) is 14.9 Å². The fourth-order valence-corrected chi connectivity index (χ4v) is 5.72. The van der Waals surface area contributed by atoms with Gasteiger partial charge in [-0.3, -0.25) is 9.59 Å². The summed E-state index contributed by atoms with van der Waals surface area (Å²) >= 11 is 0. The van der Waals surface area contributed by atoms with Crippen LogP contribution in [0.2, 0.25) is 0 Å².